The topological polar surface area (TPSA) is 18.1 Å². The summed E-state index contributed by atoms with van der Waals surface area (Å²) in [6.45, 7) is 0. The lowest BCUT2D eigenvalue weighted by Crippen LogP contribution is -2.01. The lowest BCUT2D eigenvalue weighted by Gasteiger charge is -2.19. The highest BCUT2D eigenvalue weighted by Gasteiger charge is 2.23. The molecule has 2 heteroatoms. The molecule has 0 fully saturated rings. The average Bonchev–Trinajstić information content (AvgIpc) is 3.90. The fourth-order valence-electron chi connectivity index (χ4n) is 9.62. The van der Waals surface area contributed by atoms with Crippen LogP contribution in [0.1, 0.15) is 0 Å². The van der Waals surface area contributed by atoms with Crippen LogP contribution in [-0.4, -0.2) is 4.57 Å². The van der Waals surface area contributed by atoms with Gasteiger partial charge in [-0.1, -0.05) is 206 Å². The van der Waals surface area contributed by atoms with E-state index in [2.05, 4.69) is 235 Å². The number of fused-ring (bicyclic) bond motifs is 6. The number of aromatic nitrogens is 1. The van der Waals surface area contributed by atoms with E-state index in [1.807, 2.05) is 6.07 Å². The van der Waals surface area contributed by atoms with Crippen molar-refractivity contribution in [3.63, 3.8) is 0 Å². The van der Waals surface area contributed by atoms with Crippen molar-refractivity contribution in [1.29, 1.82) is 0 Å². The van der Waals surface area contributed by atoms with Crippen LogP contribution >= 0.6 is 0 Å². The molecule has 0 spiro atoms. The first-order chi connectivity index (χ1) is 30.8. The molecule has 0 atom stereocenters. The van der Waals surface area contributed by atoms with Gasteiger partial charge in [-0.25, -0.2) is 0 Å². The Morgan fingerprint density at radius 3 is 1.23 bits per heavy atom. The van der Waals surface area contributed by atoms with Gasteiger partial charge < -0.3 is 8.98 Å². The van der Waals surface area contributed by atoms with Gasteiger partial charge in [0.1, 0.15) is 11.2 Å². The van der Waals surface area contributed by atoms with Crippen LogP contribution in [0.15, 0.2) is 241 Å². The highest BCUT2D eigenvalue weighted by molar-refractivity contribution is 6.15. The predicted octanol–water partition coefficient (Wildman–Crippen LogP) is 16.7. The number of furan rings is 1. The van der Waals surface area contributed by atoms with E-state index in [0.29, 0.717) is 0 Å². The number of nitrogens with zero attached hydrogens (tertiary/aromatic N) is 1. The van der Waals surface area contributed by atoms with E-state index < -0.39 is 0 Å². The molecule has 0 aliphatic heterocycles. The minimum atomic E-state index is 0.888. The minimum Gasteiger partial charge on any atom is -0.455 e. The first kappa shape index (κ1) is 35.7. The van der Waals surface area contributed by atoms with Crippen molar-refractivity contribution in [1.82, 2.24) is 4.57 Å². The highest BCUT2D eigenvalue weighted by Crippen LogP contribution is 2.46. The Balaban J connectivity index is 1.18. The van der Waals surface area contributed by atoms with Crippen molar-refractivity contribution in [2.75, 3.05) is 0 Å². The van der Waals surface area contributed by atoms with Crippen LogP contribution in [0.3, 0.4) is 0 Å². The van der Waals surface area contributed by atoms with Crippen LogP contribution in [0.2, 0.25) is 0 Å². The van der Waals surface area contributed by atoms with Gasteiger partial charge in [0.25, 0.3) is 0 Å². The van der Waals surface area contributed by atoms with Crippen LogP contribution < -0.4 is 0 Å². The Hall–Kier alpha value is -8.20. The van der Waals surface area contributed by atoms with Gasteiger partial charge in [0, 0.05) is 38.2 Å². The number of benzene rings is 10. The third-order valence-electron chi connectivity index (χ3n) is 12.4. The summed E-state index contributed by atoms with van der Waals surface area (Å²) in [6.07, 6.45) is 0. The van der Waals surface area contributed by atoms with Gasteiger partial charge in [-0.05, 0) is 80.4 Å². The van der Waals surface area contributed by atoms with Gasteiger partial charge in [-0.3, -0.25) is 0 Å². The normalized spacial score (nSPS) is 11.5. The molecule has 2 nitrogen and oxygen atoms in total. The van der Waals surface area contributed by atoms with Crippen molar-refractivity contribution in [2.45, 2.75) is 0 Å². The zero-order valence-corrected chi connectivity index (χ0v) is 33.9. The van der Waals surface area contributed by atoms with Crippen molar-refractivity contribution in [3.8, 4) is 72.4 Å². The van der Waals surface area contributed by atoms with E-state index >= 15 is 0 Å². The Labute approximate surface area is 360 Å². The van der Waals surface area contributed by atoms with E-state index in [9.17, 15) is 0 Å². The van der Waals surface area contributed by atoms with Gasteiger partial charge in [0.2, 0.25) is 0 Å². The molecule has 12 rings (SSSR count). The van der Waals surface area contributed by atoms with Crippen LogP contribution in [0.25, 0.3) is 116 Å². The molecule has 0 saturated heterocycles. The van der Waals surface area contributed by atoms with E-state index in [-0.39, 0.29) is 0 Å². The molecule has 62 heavy (non-hydrogen) atoms. The summed E-state index contributed by atoms with van der Waals surface area (Å²) in [4.78, 5) is 0. The SMILES string of the molecule is c1ccc(-c2ccccc2-c2ccc3c(c2)c2cc(-c4ccccc4-c4ccccc4)ccc2n3-c2c(-c3ccccc3)cccc2-c2cccc3c2oc2ccccc23)cc1. The Kier molecular flexibility index (Phi) is 8.53. The average molecular weight is 790 g/mol. The zero-order valence-electron chi connectivity index (χ0n) is 33.9. The second-order valence-corrected chi connectivity index (χ2v) is 16.0. The molecule has 0 unspecified atom stereocenters. The molecule has 0 radical (unpaired) electrons. The third-order valence-corrected chi connectivity index (χ3v) is 12.4. The molecule has 0 saturated carbocycles. The van der Waals surface area contributed by atoms with Crippen molar-refractivity contribution >= 4 is 43.7 Å². The van der Waals surface area contributed by atoms with Crippen LogP contribution in [0.5, 0.6) is 0 Å². The van der Waals surface area contributed by atoms with E-state index in [1.165, 1.54) is 55.3 Å². The second-order valence-electron chi connectivity index (χ2n) is 16.0. The Morgan fingerprint density at radius 2 is 0.661 bits per heavy atom. The molecule has 10 aromatic carbocycles. The number of para-hydroxylation sites is 3. The maximum Gasteiger partial charge on any atom is 0.143 e. The summed E-state index contributed by atoms with van der Waals surface area (Å²) < 4.78 is 9.25. The summed E-state index contributed by atoms with van der Waals surface area (Å²) >= 11 is 0. The number of hydrogen-bond donors (Lipinski definition) is 0. The molecule has 0 amide bonds. The van der Waals surface area contributed by atoms with Gasteiger partial charge in [-0.2, -0.15) is 0 Å². The fourth-order valence-corrected chi connectivity index (χ4v) is 9.62. The Morgan fingerprint density at radius 1 is 0.258 bits per heavy atom. The third kappa shape index (κ3) is 5.88. The van der Waals surface area contributed by atoms with Crippen molar-refractivity contribution < 1.29 is 4.42 Å². The maximum atomic E-state index is 6.75. The van der Waals surface area contributed by atoms with Gasteiger partial charge >= 0.3 is 0 Å². The fraction of sp³-hybridized carbons (Fsp3) is 0. The highest BCUT2D eigenvalue weighted by atomic mass is 16.3. The molecule has 2 heterocycles. The summed E-state index contributed by atoms with van der Waals surface area (Å²) in [6, 6.07) is 85.4. The lowest BCUT2D eigenvalue weighted by atomic mass is 9.92. The van der Waals surface area contributed by atoms with Gasteiger partial charge in [-0.15, -0.1) is 0 Å². The molecule has 0 aliphatic rings. The van der Waals surface area contributed by atoms with Gasteiger partial charge in [0.05, 0.1) is 16.7 Å². The first-order valence-corrected chi connectivity index (χ1v) is 21.3. The Bertz CT molecular complexity index is 3470. The lowest BCUT2D eigenvalue weighted by molar-refractivity contribution is 0.670. The molecule has 12 aromatic rings. The summed E-state index contributed by atoms with van der Waals surface area (Å²) in [5.41, 5.74) is 19.2. The molecule has 0 bridgehead atoms. The van der Waals surface area contributed by atoms with E-state index in [0.717, 1.165) is 60.9 Å². The molecule has 0 N–H and O–H groups in total. The van der Waals surface area contributed by atoms with Crippen LogP contribution in [0.4, 0.5) is 0 Å². The van der Waals surface area contributed by atoms with Crippen LogP contribution in [0, 0.1) is 0 Å². The number of hydrogen-bond acceptors (Lipinski definition) is 1. The van der Waals surface area contributed by atoms with Gasteiger partial charge in [0.15, 0.2) is 0 Å². The van der Waals surface area contributed by atoms with Crippen molar-refractivity contribution in [2.24, 2.45) is 0 Å². The van der Waals surface area contributed by atoms with Crippen molar-refractivity contribution in [3.05, 3.63) is 237 Å². The molecule has 2 aromatic heterocycles. The summed E-state index contributed by atoms with van der Waals surface area (Å²) in [7, 11) is 0. The summed E-state index contributed by atoms with van der Waals surface area (Å²) in [5.74, 6) is 0. The molecular formula is C60H39NO. The molecular weight excluding hydrogens is 751 g/mol. The van der Waals surface area contributed by atoms with Crippen LogP contribution in [-0.2, 0) is 0 Å². The standard InChI is InChI=1S/C60H39NO/c1-4-18-40(19-5-1)45-24-10-12-26-47(45)43-34-36-56-54(38-43)55-39-44(48-27-13-11-25-46(48)41-20-6-2-7-21-41)35-37-57(55)61(56)59-49(42-22-8-3-9-23-42)29-16-30-51(59)53-32-17-31-52-50-28-14-15-33-58(50)62-60(52)53/h1-39H. The molecule has 290 valence electrons. The van der Waals surface area contributed by atoms with E-state index in [1.54, 1.807) is 0 Å². The van der Waals surface area contributed by atoms with E-state index in [4.69, 9.17) is 4.42 Å². The largest absolute Gasteiger partial charge is 0.455 e. The quantitative estimate of drug-likeness (QED) is 0.157. The first-order valence-electron chi connectivity index (χ1n) is 21.3. The maximum absolute atomic E-state index is 6.75. The smallest absolute Gasteiger partial charge is 0.143 e. The summed E-state index contributed by atoms with van der Waals surface area (Å²) in [5, 5.41) is 4.61. The zero-order chi connectivity index (χ0) is 41.0. The number of rotatable bonds is 7. The minimum absolute atomic E-state index is 0.888. The molecule has 0 aliphatic carbocycles. The monoisotopic (exact) mass is 789 g/mol. The second kappa shape index (κ2) is 14.8. The predicted molar refractivity (Wildman–Crippen MR) is 261 cm³/mol.